The quantitative estimate of drug-likeness (QED) is 0.795. The van der Waals surface area contributed by atoms with E-state index in [4.69, 9.17) is 5.11 Å². The van der Waals surface area contributed by atoms with Crippen LogP contribution < -0.4 is 0 Å². The van der Waals surface area contributed by atoms with Gasteiger partial charge in [0.05, 0.1) is 5.69 Å². The summed E-state index contributed by atoms with van der Waals surface area (Å²) in [6.45, 7) is 0. The van der Waals surface area contributed by atoms with Gasteiger partial charge in [-0.25, -0.2) is 14.8 Å². The van der Waals surface area contributed by atoms with Gasteiger partial charge in [0, 0.05) is 31.2 Å². The third-order valence-corrected chi connectivity index (χ3v) is 2.05. The first-order valence-corrected chi connectivity index (χ1v) is 4.34. The number of hydrogen-bond acceptors (Lipinski definition) is 3. The Bertz CT molecular complexity index is 505. The fourth-order valence-corrected chi connectivity index (χ4v) is 1.36. The van der Waals surface area contributed by atoms with Crippen molar-refractivity contribution < 1.29 is 9.90 Å². The van der Waals surface area contributed by atoms with Gasteiger partial charge in [-0.2, -0.15) is 0 Å². The molecule has 76 valence electrons. The molecule has 0 saturated carbocycles. The molecule has 0 unspecified atom stereocenters. The summed E-state index contributed by atoms with van der Waals surface area (Å²) < 4.78 is 1.84. The smallest absolute Gasteiger partial charge is 0.339 e. The Balaban J connectivity index is 2.57. The minimum atomic E-state index is -1.02. The lowest BCUT2D eigenvalue weighted by Crippen LogP contribution is -2.01. The third kappa shape index (κ3) is 1.71. The minimum Gasteiger partial charge on any atom is -0.478 e. The second kappa shape index (κ2) is 3.53. The molecule has 0 atom stereocenters. The fourth-order valence-electron chi connectivity index (χ4n) is 1.36. The zero-order valence-corrected chi connectivity index (χ0v) is 8.08. The van der Waals surface area contributed by atoms with E-state index in [0.717, 1.165) is 5.56 Å². The van der Waals surface area contributed by atoms with Gasteiger partial charge in [-0.05, 0) is 6.07 Å². The van der Waals surface area contributed by atoms with Crippen LogP contribution in [0.3, 0.4) is 0 Å². The van der Waals surface area contributed by atoms with Crippen LogP contribution in [0, 0.1) is 0 Å². The van der Waals surface area contributed by atoms with Crippen molar-refractivity contribution in [3.63, 3.8) is 0 Å². The summed E-state index contributed by atoms with van der Waals surface area (Å²) in [7, 11) is 1.87. The number of aryl methyl sites for hydroxylation is 1. The van der Waals surface area contributed by atoms with Gasteiger partial charge in [0.25, 0.3) is 0 Å². The van der Waals surface area contributed by atoms with Crippen molar-refractivity contribution in [3.8, 4) is 11.3 Å². The van der Waals surface area contributed by atoms with E-state index in [0.29, 0.717) is 5.69 Å². The summed E-state index contributed by atoms with van der Waals surface area (Å²) in [5.74, 6) is -1.02. The maximum Gasteiger partial charge on any atom is 0.339 e. The van der Waals surface area contributed by atoms with Gasteiger partial charge in [-0.15, -0.1) is 0 Å². The minimum absolute atomic E-state index is 0.115. The summed E-state index contributed by atoms with van der Waals surface area (Å²) in [6.07, 6.45) is 6.30. The lowest BCUT2D eigenvalue weighted by Gasteiger charge is -2.00. The molecule has 0 aliphatic carbocycles. The lowest BCUT2D eigenvalue weighted by atomic mass is 10.1. The number of rotatable bonds is 2. The van der Waals surface area contributed by atoms with Crippen LogP contribution in [0.4, 0.5) is 0 Å². The molecule has 0 bridgehead atoms. The molecule has 2 rings (SSSR count). The van der Waals surface area contributed by atoms with E-state index >= 15 is 0 Å². The SMILES string of the molecule is Cn1ccc(-c2ncncc2C(=O)O)c1. The molecular weight excluding hydrogens is 194 g/mol. The molecule has 0 amide bonds. The number of aromatic carboxylic acids is 1. The molecule has 0 aliphatic heterocycles. The van der Waals surface area contributed by atoms with E-state index in [-0.39, 0.29) is 5.56 Å². The van der Waals surface area contributed by atoms with Crippen LogP contribution in [-0.2, 0) is 7.05 Å². The molecule has 0 radical (unpaired) electrons. The first-order valence-electron chi connectivity index (χ1n) is 4.34. The van der Waals surface area contributed by atoms with Crippen LogP contribution in [0.5, 0.6) is 0 Å². The zero-order valence-electron chi connectivity index (χ0n) is 8.08. The second-order valence-electron chi connectivity index (χ2n) is 3.16. The second-order valence-corrected chi connectivity index (χ2v) is 3.16. The molecule has 5 heteroatoms. The average Bonchev–Trinajstić information content (AvgIpc) is 2.65. The van der Waals surface area contributed by atoms with E-state index in [9.17, 15) is 4.79 Å². The van der Waals surface area contributed by atoms with E-state index in [1.54, 1.807) is 0 Å². The highest BCUT2D eigenvalue weighted by Crippen LogP contribution is 2.20. The molecule has 2 heterocycles. The Hall–Kier alpha value is -2.17. The Kier molecular flexibility index (Phi) is 2.21. The molecule has 0 fully saturated rings. The van der Waals surface area contributed by atoms with Gasteiger partial charge in [0.15, 0.2) is 0 Å². The number of nitrogens with zero attached hydrogens (tertiary/aromatic N) is 3. The van der Waals surface area contributed by atoms with Crippen molar-refractivity contribution in [2.24, 2.45) is 7.05 Å². The fraction of sp³-hybridized carbons (Fsp3) is 0.100. The first kappa shape index (κ1) is 9.39. The van der Waals surface area contributed by atoms with E-state index in [2.05, 4.69) is 9.97 Å². The summed E-state index contributed by atoms with van der Waals surface area (Å²) in [4.78, 5) is 18.6. The Morgan fingerprint density at radius 2 is 2.33 bits per heavy atom. The van der Waals surface area contributed by atoms with E-state index < -0.39 is 5.97 Å². The molecule has 0 aliphatic rings. The van der Waals surface area contributed by atoms with Gasteiger partial charge in [-0.1, -0.05) is 0 Å². The first-order chi connectivity index (χ1) is 7.18. The van der Waals surface area contributed by atoms with E-state index in [1.165, 1.54) is 12.5 Å². The predicted octanol–water partition coefficient (Wildman–Crippen LogP) is 1.18. The monoisotopic (exact) mass is 203 g/mol. The zero-order chi connectivity index (χ0) is 10.8. The summed E-state index contributed by atoms with van der Waals surface area (Å²) in [5, 5.41) is 8.95. The molecule has 2 aromatic heterocycles. The highest BCUT2D eigenvalue weighted by atomic mass is 16.4. The largest absolute Gasteiger partial charge is 0.478 e. The maximum atomic E-state index is 10.9. The van der Waals surface area contributed by atoms with Crippen LogP contribution in [0.15, 0.2) is 31.0 Å². The number of carboxylic acids is 1. The third-order valence-electron chi connectivity index (χ3n) is 2.05. The van der Waals surface area contributed by atoms with Gasteiger partial charge < -0.3 is 9.67 Å². The van der Waals surface area contributed by atoms with Gasteiger partial charge in [0.2, 0.25) is 0 Å². The van der Waals surface area contributed by atoms with Crippen molar-refractivity contribution in [1.29, 1.82) is 0 Å². The van der Waals surface area contributed by atoms with Crippen molar-refractivity contribution in [1.82, 2.24) is 14.5 Å². The van der Waals surface area contributed by atoms with Crippen LogP contribution in [0.25, 0.3) is 11.3 Å². The standard InChI is InChI=1S/C10H9N3O2/c1-13-3-2-7(5-13)9-8(10(14)15)4-11-6-12-9/h2-6H,1H3,(H,14,15). The van der Waals surface area contributed by atoms with Crippen LogP contribution in [-0.4, -0.2) is 25.6 Å². The number of carboxylic acid groups (broad SMARTS) is 1. The maximum absolute atomic E-state index is 10.9. The molecule has 0 aromatic carbocycles. The van der Waals surface area contributed by atoms with Crippen LogP contribution in [0.1, 0.15) is 10.4 Å². The highest BCUT2D eigenvalue weighted by molar-refractivity contribution is 5.94. The molecule has 2 aromatic rings. The number of carbonyl (C=O) groups is 1. The van der Waals surface area contributed by atoms with Crippen LogP contribution in [0.2, 0.25) is 0 Å². The normalized spacial score (nSPS) is 10.2. The summed E-state index contributed by atoms with van der Waals surface area (Å²) in [6, 6.07) is 1.81. The molecule has 1 N–H and O–H groups in total. The molecule has 0 spiro atoms. The highest BCUT2D eigenvalue weighted by Gasteiger charge is 2.13. The molecule has 0 saturated heterocycles. The Labute approximate surface area is 86.0 Å². The summed E-state index contributed by atoms with van der Waals surface area (Å²) >= 11 is 0. The average molecular weight is 203 g/mol. The molecule has 5 nitrogen and oxygen atoms in total. The van der Waals surface area contributed by atoms with Crippen molar-refractivity contribution in [2.75, 3.05) is 0 Å². The van der Waals surface area contributed by atoms with E-state index in [1.807, 2.05) is 30.1 Å². The predicted molar refractivity (Wildman–Crippen MR) is 53.4 cm³/mol. The Morgan fingerprint density at radius 3 is 2.93 bits per heavy atom. The van der Waals surface area contributed by atoms with Crippen molar-refractivity contribution >= 4 is 5.97 Å². The van der Waals surface area contributed by atoms with Gasteiger partial charge >= 0.3 is 5.97 Å². The van der Waals surface area contributed by atoms with Crippen molar-refractivity contribution in [2.45, 2.75) is 0 Å². The van der Waals surface area contributed by atoms with Gasteiger partial charge in [0.1, 0.15) is 11.9 Å². The van der Waals surface area contributed by atoms with Crippen molar-refractivity contribution in [3.05, 3.63) is 36.5 Å². The Morgan fingerprint density at radius 1 is 1.53 bits per heavy atom. The van der Waals surface area contributed by atoms with Crippen LogP contribution >= 0.6 is 0 Å². The molecule has 15 heavy (non-hydrogen) atoms. The van der Waals surface area contributed by atoms with Gasteiger partial charge in [-0.3, -0.25) is 0 Å². The molecular formula is C10H9N3O2. The number of aromatic nitrogens is 3. The summed E-state index contributed by atoms with van der Waals surface area (Å²) in [5.41, 5.74) is 1.33. The number of hydrogen-bond donors (Lipinski definition) is 1. The topological polar surface area (TPSA) is 68.0 Å². The lowest BCUT2D eigenvalue weighted by molar-refractivity contribution is 0.0697.